The molecule has 1 unspecified atom stereocenters. The standard InChI is InChI=1S/C12H17N3OS/c1-4-7-15(3)9(2)11-13-14-12(16-11)10-6-5-8-17-10/h5-6,8-9H,4,7H2,1-3H3. The first-order chi connectivity index (χ1) is 8.22. The number of nitrogens with zero attached hydrogens (tertiary/aromatic N) is 3. The van der Waals surface area contributed by atoms with Crippen LogP contribution in [0.2, 0.25) is 0 Å². The van der Waals surface area contributed by atoms with Crippen LogP contribution in [0.4, 0.5) is 0 Å². The SMILES string of the molecule is CCCN(C)C(C)c1nnc(-c2cccs2)o1. The van der Waals surface area contributed by atoms with Gasteiger partial charge in [-0.1, -0.05) is 13.0 Å². The van der Waals surface area contributed by atoms with Crippen LogP contribution in [0.15, 0.2) is 21.9 Å². The van der Waals surface area contributed by atoms with E-state index in [0.717, 1.165) is 17.8 Å². The summed E-state index contributed by atoms with van der Waals surface area (Å²) in [5.41, 5.74) is 0. The quantitative estimate of drug-likeness (QED) is 0.818. The zero-order valence-corrected chi connectivity index (χ0v) is 11.2. The Balaban J connectivity index is 2.13. The first kappa shape index (κ1) is 12.3. The van der Waals surface area contributed by atoms with Crippen molar-refractivity contribution in [2.45, 2.75) is 26.3 Å². The lowest BCUT2D eigenvalue weighted by Crippen LogP contribution is -2.23. The molecule has 0 N–H and O–H groups in total. The van der Waals surface area contributed by atoms with Crippen LogP contribution in [0, 0.1) is 0 Å². The molecule has 2 aromatic heterocycles. The van der Waals surface area contributed by atoms with Crippen LogP contribution in [0.25, 0.3) is 10.8 Å². The molecular formula is C12H17N3OS. The number of aromatic nitrogens is 2. The van der Waals surface area contributed by atoms with Gasteiger partial charge in [-0.2, -0.15) is 0 Å². The summed E-state index contributed by atoms with van der Waals surface area (Å²) >= 11 is 1.61. The average molecular weight is 251 g/mol. The summed E-state index contributed by atoms with van der Waals surface area (Å²) in [7, 11) is 2.07. The van der Waals surface area contributed by atoms with Crippen molar-refractivity contribution in [3.8, 4) is 10.8 Å². The Morgan fingerprint density at radius 2 is 2.29 bits per heavy atom. The highest BCUT2D eigenvalue weighted by Crippen LogP contribution is 2.26. The Morgan fingerprint density at radius 1 is 1.47 bits per heavy atom. The minimum Gasteiger partial charge on any atom is -0.418 e. The zero-order chi connectivity index (χ0) is 12.3. The molecule has 0 radical (unpaired) electrons. The van der Waals surface area contributed by atoms with Gasteiger partial charge in [0.05, 0.1) is 10.9 Å². The summed E-state index contributed by atoms with van der Waals surface area (Å²) in [4.78, 5) is 3.24. The normalized spacial score (nSPS) is 13.2. The number of hydrogen-bond donors (Lipinski definition) is 0. The Hall–Kier alpha value is -1.20. The van der Waals surface area contributed by atoms with E-state index in [4.69, 9.17) is 4.42 Å². The van der Waals surface area contributed by atoms with Gasteiger partial charge in [0, 0.05) is 0 Å². The molecule has 92 valence electrons. The van der Waals surface area contributed by atoms with Gasteiger partial charge in [-0.25, -0.2) is 0 Å². The van der Waals surface area contributed by atoms with Crippen LogP contribution in [-0.2, 0) is 0 Å². The fourth-order valence-corrected chi connectivity index (χ4v) is 2.28. The van der Waals surface area contributed by atoms with Crippen LogP contribution in [0.3, 0.4) is 0 Å². The molecule has 2 rings (SSSR count). The molecule has 17 heavy (non-hydrogen) atoms. The maximum atomic E-state index is 5.70. The van der Waals surface area contributed by atoms with Crippen molar-refractivity contribution >= 4 is 11.3 Å². The first-order valence-corrected chi connectivity index (χ1v) is 6.68. The minimum atomic E-state index is 0.163. The second-order valence-electron chi connectivity index (χ2n) is 4.08. The Morgan fingerprint density at radius 3 is 2.94 bits per heavy atom. The maximum absolute atomic E-state index is 5.70. The molecule has 4 nitrogen and oxygen atoms in total. The van der Waals surface area contributed by atoms with Crippen molar-refractivity contribution < 1.29 is 4.42 Å². The van der Waals surface area contributed by atoms with Crippen molar-refractivity contribution in [3.05, 3.63) is 23.4 Å². The van der Waals surface area contributed by atoms with Gasteiger partial charge in [-0.15, -0.1) is 21.5 Å². The summed E-state index contributed by atoms with van der Waals surface area (Å²) in [6, 6.07) is 4.13. The van der Waals surface area contributed by atoms with E-state index >= 15 is 0 Å². The van der Waals surface area contributed by atoms with Crippen molar-refractivity contribution in [3.63, 3.8) is 0 Å². The van der Waals surface area contributed by atoms with E-state index in [9.17, 15) is 0 Å². The molecule has 1 atom stereocenters. The van der Waals surface area contributed by atoms with E-state index in [1.807, 2.05) is 17.5 Å². The van der Waals surface area contributed by atoms with Gasteiger partial charge in [-0.3, -0.25) is 4.90 Å². The first-order valence-electron chi connectivity index (χ1n) is 5.80. The summed E-state index contributed by atoms with van der Waals surface area (Å²) < 4.78 is 5.70. The minimum absolute atomic E-state index is 0.163. The smallest absolute Gasteiger partial charge is 0.257 e. The molecule has 0 bridgehead atoms. The molecule has 0 spiro atoms. The lowest BCUT2D eigenvalue weighted by Gasteiger charge is -2.20. The van der Waals surface area contributed by atoms with Gasteiger partial charge >= 0.3 is 0 Å². The van der Waals surface area contributed by atoms with Crippen molar-refractivity contribution in [1.29, 1.82) is 0 Å². The summed E-state index contributed by atoms with van der Waals surface area (Å²) in [6.45, 7) is 5.27. The molecule has 0 fully saturated rings. The topological polar surface area (TPSA) is 42.2 Å². The third-order valence-electron chi connectivity index (χ3n) is 2.77. The molecule has 0 aliphatic carbocycles. The largest absolute Gasteiger partial charge is 0.418 e. The van der Waals surface area contributed by atoms with Crippen molar-refractivity contribution in [2.24, 2.45) is 0 Å². The molecular weight excluding hydrogens is 234 g/mol. The van der Waals surface area contributed by atoms with Crippen LogP contribution in [0.1, 0.15) is 32.2 Å². The van der Waals surface area contributed by atoms with Crippen molar-refractivity contribution in [1.82, 2.24) is 15.1 Å². The summed E-state index contributed by atoms with van der Waals surface area (Å²) in [5, 5.41) is 10.2. The molecule has 0 aliphatic heterocycles. The predicted octanol–water partition coefficient (Wildman–Crippen LogP) is 3.20. The van der Waals surface area contributed by atoms with E-state index in [1.54, 1.807) is 11.3 Å². The van der Waals surface area contributed by atoms with Gasteiger partial charge in [0.2, 0.25) is 5.89 Å². The Kier molecular flexibility index (Phi) is 3.91. The van der Waals surface area contributed by atoms with Gasteiger partial charge in [0.15, 0.2) is 0 Å². The predicted molar refractivity (Wildman–Crippen MR) is 68.9 cm³/mol. The monoisotopic (exact) mass is 251 g/mol. The lowest BCUT2D eigenvalue weighted by molar-refractivity contribution is 0.226. The second-order valence-corrected chi connectivity index (χ2v) is 5.03. The van der Waals surface area contributed by atoms with Crippen LogP contribution in [0.5, 0.6) is 0 Å². The molecule has 0 saturated heterocycles. The van der Waals surface area contributed by atoms with Gasteiger partial charge in [0.25, 0.3) is 5.89 Å². The number of rotatable bonds is 5. The fourth-order valence-electron chi connectivity index (χ4n) is 1.64. The highest BCUT2D eigenvalue weighted by molar-refractivity contribution is 7.13. The molecule has 2 heterocycles. The van der Waals surface area contributed by atoms with E-state index < -0.39 is 0 Å². The van der Waals surface area contributed by atoms with E-state index in [2.05, 4.69) is 36.0 Å². The highest BCUT2D eigenvalue weighted by Gasteiger charge is 2.18. The number of hydrogen-bond acceptors (Lipinski definition) is 5. The molecule has 0 saturated carbocycles. The maximum Gasteiger partial charge on any atom is 0.257 e. The molecule has 5 heteroatoms. The second kappa shape index (κ2) is 5.42. The van der Waals surface area contributed by atoms with E-state index in [0.29, 0.717) is 11.8 Å². The van der Waals surface area contributed by atoms with Gasteiger partial charge in [0.1, 0.15) is 0 Å². The molecule has 2 aromatic rings. The van der Waals surface area contributed by atoms with Gasteiger partial charge in [-0.05, 0) is 38.4 Å². The van der Waals surface area contributed by atoms with E-state index in [-0.39, 0.29) is 6.04 Å². The van der Waals surface area contributed by atoms with Crippen molar-refractivity contribution in [2.75, 3.05) is 13.6 Å². The summed E-state index contributed by atoms with van der Waals surface area (Å²) in [5.74, 6) is 1.30. The lowest BCUT2D eigenvalue weighted by atomic mass is 10.3. The highest BCUT2D eigenvalue weighted by atomic mass is 32.1. The van der Waals surface area contributed by atoms with E-state index in [1.165, 1.54) is 0 Å². The molecule has 0 aliphatic rings. The van der Waals surface area contributed by atoms with Crippen LogP contribution in [-0.4, -0.2) is 28.7 Å². The average Bonchev–Trinajstić information content (AvgIpc) is 2.98. The molecule has 0 aromatic carbocycles. The molecule has 0 amide bonds. The Labute approximate surface area is 105 Å². The van der Waals surface area contributed by atoms with Crippen LogP contribution < -0.4 is 0 Å². The Bertz CT molecular complexity index is 452. The summed E-state index contributed by atoms with van der Waals surface area (Å²) in [6.07, 6.45) is 1.12. The third-order valence-corrected chi connectivity index (χ3v) is 3.63. The van der Waals surface area contributed by atoms with Gasteiger partial charge < -0.3 is 4.42 Å². The zero-order valence-electron chi connectivity index (χ0n) is 10.4. The van der Waals surface area contributed by atoms with Crippen LogP contribution >= 0.6 is 11.3 Å². The third kappa shape index (κ3) is 2.73. The number of thiophene rings is 1. The fraction of sp³-hybridized carbons (Fsp3) is 0.500.